The van der Waals surface area contributed by atoms with Crippen molar-refractivity contribution in [3.05, 3.63) is 30.0 Å². The van der Waals surface area contributed by atoms with E-state index in [1.54, 1.807) is 0 Å². The van der Waals surface area contributed by atoms with E-state index < -0.39 is 17.6 Å². The first-order valence-electron chi connectivity index (χ1n) is 3.90. The van der Waals surface area contributed by atoms with Gasteiger partial charge in [-0.1, -0.05) is 0 Å². The fourth-order valence-electron chi connectivity index (χ4n) is 1.26. The first kappa shape index (κ1) is 9.13. The van der Waals surface area contributed by atoms with E-state index in [-0.39, 0.29) is 11.3 Å². The monoisotopic (exact) mass is 207 g/mol. The maximum Gasteiger partial charge on any atom is 0.357 e. The van der Waals surface area contributed by atoms with Crippen molar-refractivity contribution in [2.45, 2.75) is 0 Å². The highest BCUT2D eigenvalue weighted by molar-refractivity contribution is 6.00. The number of rotatable bonds is 2. The van der Waals surface area contributed by atoms with Crippen molar-refractivity contribution in [1.29, 1.82) is 0 Å². The third kappa shape index (κ3) is 1.30. The first-order chi connectivity index (χ1) is 7.11. The second-order valence-electron chi connectivity index (χ2n) is 2.72. The van der Waals surface area contributed by atoms with Crippen LogP contribution in [0.5, 0.6) is 0 Å². The van der Waals surface area contributed by atoms with Gasteiger partial charge in [-0.05, 0) is 0 Å². The molecule has 2 aromatic heterocycles. The maximum absolute atomic E-state index is 10.9. The van der Waals surface area contributed by atoms with Crippen LogP contribution in [-0.2, 0) is 0 Å². The molecule has 7 nitrogen and oxygen atoms in total. The lowest BCUT2D eigenvalue weighted by Crippen LogP contribution is -2.09. The van der Waals surface area contributed by atoms with Gasteiger partial charge in [0.15, 0.2) is 17.0 Å². The Labute approximate surface area is 82.6 Å². The zero-order valence-electron chi connectivity index (χ0n) is 7.28. The summed E-state index contributed by atoms with van der Waals surface area (Å²) in [6.07, 6.45) is 3.99. The summed E-state index contributed by atoms with van der Waals surface area (Å²) in [6.45, 7) is 0. The maximum atomic E-state index is 10.9. The molecule has 15 heavy (non-hydrogen) atoms. The van der Waals surface area contributed by atoms with E-state index in [4.69, 9.17) is 10.2 Å². The van der Waals surface area contributed by atoms with E-state index in [1.165, 1.54) is 23.0 Å². The van der Waals surface area contributed by atoms with Crippen molar-refractivity contribution in [2.75, 3.05) is 0 Å². The summed E-state index contributed by atoms with van der Waals surface area (Å²) in [7, 11) is 0. The van der Waals surface area contributed by atoms with E-state index in [2.05, 4.69) is 9.97 Å². The Morgan fingerprint density at radius 1 is 1.27 bits per heavy atom. The van der Waals surface area contributed by atoms with Crippen molar-refractivity contribution < 1.29 is 19.8 Å². The first-order valence-corrected chi connectivity index (χ1v) is 3.90. The average molecular weight is 207 g/mol. The number of hydrogen-bond donors (Lipinski definition) is 2. The van der Waals surface area contributed by atoms with Crippen LogP contribution in [0.4, 0.5) is 0 Å². The van der Waals surface area contributed by atoms with Gasteiger partial charge in [0.05, 0.1) is 6.20 Å². The van der Waals surface area contributed by atoms with Crippen molar-refractivity contribution >= 4 is 17.6 Å². The summed E-state index contributed by atoms with van der Waals surface area (Å²) < 4.78 is 1.17. The highest BCUT2D eigenvalue weighted by Gasteiger charge is 2.23. The minimum atomic E-state index is -1.38. The van der Waals surface area contributed by atoms with Crippen molar-refractivity contribution in [1.82, 2.24) is 14.4 Å². The third-order valence-corrected chi connectivity index (χ3v) is 1.84. The molecule has 0 atom stereocenters. The molecule has 2 rings (SSSR count). The molecule has 0 fully saturated rings. The van der Waals surface area contributed by atoms with Gasteiger partial charge in [0.1, 0.15) is 0 Å². The molecule has 0 aliphatic heterocycles. The van der Waals surface area contributed by atoms with Gasteiger partial charge in [0, 0.05) is 12.4 Å². The van der Waals surface area contributed by atoms with Gasteiger partial charge in [-0.15, -0.1) is 0 Å². The summed E-state index contributed by atoms with van der Waals surface area (Å²) in [4.78, 5) is 29.0. The molecule has 0 unspecified atom stereocenters. The predicted molar refractivity (Wildman–Crippen MR) is 46.9 cm³/mol. The molecule has 0 spiro atoms. The Kier molecular flexibility index (Phi) is 1.86. The zero-order valence-corrected chi connectivity index (χ0v) is 7.28. The quantitative estimate of drug-likeness (QED) is 0.724. The molecular weight excluding hydrogens is 202 g/mol. The highest BCUT2D eigenvalue weighted by Crippen LogP contribution is 2.11. The minimum absolute atomic E-state index is 0.187. The van der Waals surface area contributed by atoms with Crippen molar-refractivity contribution in [2.24, 2.45) is 0 Å². The molecule has 2 heterocycles. The second-order valence-corrected chi connectivity index (χ2v) is 2.72. The lowest BCUT2D eigenvalue weighted by molar-refractivity contribution is 0.0643. The number of hydrogen-bond acceptors (Lipinski definition) is 4. The number of nitrogens with zero attached hydrogens (tertiary/aromatic N) is 3. The second kappa shape index (κ2) is 3.05. The van der Waals surface area contributed by atoms with Crippen LogP contribution in [0.1, 0.15) is 21.0 Å². The van der Waals surface area contributed by atoms with E-state index in [1.807, 2.05) is 0 Å². The van der Waals surface area contributed by atoms with E-state index in [0.29, 0.717) is 0 Å². The van der Waals surface area contributed by atoms with Crippen LogP contribution in [0, 0.1) is 0 Å². The molecule has 0 saturated carbocycles. The molecule has 7 heteroatoms. The SMILES string of the molecule is O=C(O)c1nc2cnccn2c1C(=O)O. The molecule has 2 aromatic rings. The van der Waals surface area contributed by atoms with Gasteiger partial charge in [-0.25, -0.2) is 14.6 Å². The van der Waals surface area contributed by atoms with Gasteiger partial charge < -0.3 is 10.2 Å². The predicted octanol–water partition coefficient (Wildman–Crippen LogP) is 0.126. The summed E-state index contributed by atoms with van der Waals surface area (Å²) in [6, 6.07) is 0. The van der Waals surface area contributed by atoms with Crippen LogP contribution in [0.25, 0.3) is 5.65 Å². The number of carbonyl (C=O) groups is 2. The smallest absolute Gasteiger partial charge is 0.357 e. The molecule has 2 N–H and O–H groups in total. The minimum Gasteiger partial charge on any atom is -0.476 e. The number of fused-ring (bicyclic) bond motifs is 1. The summed E-state index contributed by atoms with van der Waals surface area (Å²) in [5.74, 6) is -2.72. The van der Waals surface area contributed by atoms with Crippen molar-refractivity contribution in [3.8, 4) is 0 Å². The Bertz CT molecular complexity index is 560. The Hall–Kier alpha value is -2.44. The van der Waals surface area contributed by atoms with Gasteiger partial charge in [-0.2, -0.15) is 0 Å². The average Bonchev–Trinajstić information content (AvgIpc) is 2.56. The summed E-state index contributed by atoms with van der Waals surface area (Å²) in [5, 5.41) is 17.6. The largest absolute Gasteiger partial charge is 0.476 e. The lowest BCUT2D eigenvalue weighted by Gasteiger charge is -1.95. The molecule has 0 amide bonds. The van der Waals surface area contributed by atoms with Crippen LogP contribution < -0.4 is 0 Å². The van der Waals surface area contributed by atoms with E-state index in [9.17, 15) is 9.59 Å². The van der Waals surface area contributed by atoms with E-state index >= 15 is 0 Å². The molecule has 0 aromatic carbocycles. The fraction of sp³-hybridized carbons (Fsp3) is 0. The van der Waals surface area contributed by atoms with Crippen LogP contribution in [0.15, 0.2) is 18.6 Å². The van der Waals surface area contributed by atoms with Crippen LogP contribution in [0.2, 0.25) is 0 Å². The highest BCUT2D eigenvalue weighted by atomic mass is 16.4. The molecule has 0 aliphatic carbocycles. The Morgan fingerprint density at radius 2 is 2.00 bits per heavy atom. The van der Waals surface area contributed by atoms with Gasteiger partial charge in [0.2, 0.25) is 0 Å². The van der Waals surface area contributed by atoms with Gasteiger partial charge in [0.25, 0.3) is 0 Å². The normalized spacial score (nSPS) is 10.4. The molecule has 0 radical (unpaired) electrons. The topological polar surface area (TPSA) is 105 Å². The van der Waals surface area contributed by atoms with Gasteiger partial charge >= 0.3 is 11.9 Å². The van der Waals surface area contributed by atoms with Gasteiger partial charge in [-0.3, -0.25) is 9.38 Å². The number of carboxylic acid groups (broad SMARTS) is 2. The number of aromatic carboxylic acids is 2. The molecule has 0 aliphatic rings. The van der Waals surface area contributed by atoms with Crippen LogP contribution >= 0.6 is 0 Å². The van der Waals surface area contributed by atoms with Crippen LogP contribution in [0.3, 0.4) is 0 Å². The number of imidazole rings is 1. The standard InChI is InChI=1S/C8H5N3O4/c12-7(13)5-6(8(14)15)11-2-1-9-3-4(11)10-5/h1-3H,(H,12,13)(H,14,15). The number of aromatic nitrogens is 3. The number of carboxylic acids is 2. The summed E-state index contributed by atoms with van der Waals surface area (Å²) in [5.41, 5.74) is -0.678. The zero-order chi connectivity index (χ0) is 11.0. The Balaban J connectivity index is 2.86. The lowest BCUT2D eigenvalue weighted by atomic mass is 10.3. The van der Waals surface area contributed by atoms with Crippen molar-refractivity contribution in [3.63, 3.8) is 0 Å². The molecule has 0 saturated heterocycles. The fourth-order valence-corrected chi connectivity index (χ4v) is 1.26. The molecule has 76 valence electrons. The molecular formula is C8H5N3O4. The van der Waals surface area contributed by atoms with E-state index in [0.717, 1.165) is 0 Å². The molecule has 0 bridgehead atoms. The Morgan fingerprint density at radius 3 is 2.60 bits per heavy atom. The third-order valence-electron chi connectivity index (χ3n) is 1.84. The van der Waals surface area contributed by atoms with Crippen LogP contribution in [-0.4, -0.2) is 36.5 Å². The summed E-state index contributed by atoms with van der Waals surface area (Å²) >= 11 is 0.